The van der Waals surface area contributed by atoms with Crippen molar-refractivity contribution in [2.75, 3.05) is 0 Å². The van der Waals surface area contributed by atoms with E-state index < -0.39 is 0 Å². The van der Waals surface area contributed by atoms with Gasteiger partial charge in [0.15, 0.2) is 0 Å². The average molecular weight is 483 g/mol. The predicted octanol–water partition coefficient (Wildman–Crippen LogP) is 9.48. The van der Waals surface area contributed by atoms with Crippen molar-refractivity contribution in [1.82, 2.24) is 9.97 Å². The lowest BCUT2D eigenvalue weighted by atomic mass is 9.96. The molecule has 4 heteroatoms. The molecule has 5 rings (SSSR count). The van der Waals surface area contributed by atoms with Gasteiger partial charge in [-0.1, -0.05) is 116 Å². The largest absolute Gasteiger partial charge is 0.224 e. The van der Waals surface area contributed by atoms with Crippen molar-refractivity contribution in [3.05, 3.63) is 120 Å². The second kappa shape index (κ2) is 11.1. The number of aromatic nitrogens is 2. The molecule has 1 heterocycles. The first kappa shape index (κ1) is 23.7. The summed E-state index contributed by atoms with van der Waals surface area (Å²) in [5.74, 6) is 0. The molecule has 2 nitrogen and oxygen atoms in total. The monoisotopic (exact) mass is 482 g/mol. The van der Waals surface area contributed by atoms with Crippen LogP contribution >= 0.6 is 23.2 Å². The summed E-state index contributed by atoms with van der Waals surface area (Å²) in [5, 5.41) is 0.469. The van der Waals surface area contributed by atoms with Crippen LogP contribution in [0, 0.1) is 0 Å². The number of benzene rings is 4. The molecule has 34 heavy (non-hydrogen) atoms. The lowest BCUT2D eigenvalue weighted by molar-refractivity contribution is 1.17. The van der Waals surface area contributed by atoms with Gasteiger partial charge in [0.1, 0.15) is 5.15 Å². The quantitative estimate of drug-likeness (QED) is 0.188. The molecule has 4 aromatic carbocycles. The van der Waals surface area contributed by atoms with Gasteiger partial charge >= 0.3 is 0 Å². The molecule has 0 amide bonds. The highest BCUT2D eigenvalue weighted by atomic mass is 35.5. The van der Waals surface area contributed by atoms with Crippen molar-refractivity contribution in [3.63, 3.8) is 0 Å². The summed E-state index contributed by atoms with van der Waals surface area (Å²) in [6.45, 7) is 4.00. The summed E-state index contributed by atoms with van der Waals surface area (Å²) in [4.78, 5) is 8.17. The van der Waals surface area contributed by atoms with Crippen molar-refractivity contribution in [1.29, 1.82) is 0 Å². The molecular formula is C30H24Cl2N2. The van der Waals surface area contributed by atoms with Crippen molar-refractivity contribution in [2.24, 2.45) is 0 Å². The topological polar surface area (TPSA) is 25.8 Å². The van der Waals surface area contributed by atoms with E-state index in [1.165, 1.54) is 22.3 Å². The van der Waals surface area contributed by atoms with Gasteiger partial charge in [0.05, 0.1) is 5.69 Å². The van der Waals surface area contributed by atoms with Crippen molar-refractivity contribution in [2.45, 2.75) is 13.8 Å². The minimum absolute atomic E-state index is 0.141. The van der Waals surface area contributed by atoms with Gasteiger partial charge in [-0.05, 0) is 57.1 Å². The van der Waals surface area contributed by atoms with Gasteiger partial charge in [0.25, 0.3) is 0 Å². The first-order valence-corrected chi connectivity index (χ1v) is 12.0. The Morgan fingerprint density at radius 1 is 0.441 bits per heavy atom. The standard InChI is InChI=1S/C28H18Cl2N2.C2H6/c29-27-18-26(31-28(30)32-27)21-14-12-20(13-15-21)23-9-5-11-25(17-23)24-10-4-8-22(16-24)19-6-2-1-3-7-19;1-2/h1-18H;1-2H3. The molecule has 0 saturated heterocycles. The molecule has 0 radical (unpaired) electrons. The summed E-state index contributed by atoms with van der Waals surface area (Å²) in [6.07, 6.45) is 0. The van der Waals surface area contributed by atoms with Crippen molar-refractivity contribution < 1.29 is 0 Å². The zero-order chi connectivity index (χ0) is 23.9. The normalized spacial score (nSPS) is 10.4. The summed E-state index contributed by atoms with van der Waals surface area (Å²) in [5.41, 5.74) is 8.71. The second-order valence-electron chi connectivity index (χ2n) is 7.45. The molecule has 5 aromatic rings. The molecule has 0 unspecified atom stereocenters. The van der Waals surface area contributed by atoms with Crippen LogP contribution in [0.1, 0.15) is 13.8 Å². The van der Waals surface area contributed by atoms with E-state index in [0.717, 1.165) is 16.7 Å². The van der Waals surface area contributed by atoms with Crippen LogP contribution in [0.15, 0.2) is 109 Å². The van der Waals surface area contributed by atoms with Crippen LogP contribution in [0.4, 0.5) is 0 Å². The third kappa shape index (κ3) is 5.53. The maximum Gasteiger partial charge on any atom is 0.224 e. The lowest BCUT2D eigenvalue weighted by Crippen LogP contribution is -1.88. The van der Waals surface area contributed by atoms with Gasteiger partial charge < -0.3 is 0 Å². The molecule has 0 aliphatic carbocycles. The molecule has 0 N–H and O–H groups in total. The van der Waals surface area contributed by atoms with E-state index in [9.17, 15) is 0 Å². The fourth-order valence-corrected chi connectivity index (χ4v) is 4.17. The van der Waals surface area contributed by atoms with Gasteiger partial charge in [-0.25, -0.2) is 9.97 Å². The Balaban J connectivity index is 0.00000133. The molecule has 0 fully saturated rings. The van der Waals surface area contributed by atoms with Crippen LogP contribution in [0.3, 0.4) is 0 Å². The molecule has 0 aliphatic rings. The van der Waals surface area contributed by atoms with E-state index >= 15 is 0 Å². The minimum atomic E-state index is 0.141. The highest BCUT2D eigenvalue weighted by Gasteiger charge is 2.07. The van der Waals surface area contributed by atoms with E-state index in [2.05, 4.69) is 94.9 Å². The highest BCUT2D eigenvalue weighted by Crippen LogP contribution is 2.31. The number of hydrogen-bond donors (Lipinski definition) is 0. The van der Waals surface area contributed by atoms with E-state index in [4.69, 9.17) is 23.2 Å². The Labute approximate surface area is 210 Å². The SMILES string of the molecule is CC.Clc1cc(-c2ccc(-c3cccc(-c4cccc(-c5ccccc5)c4)c3)cc2)nc(Cl)n1. The summed E-state index contributed by atoms with van der Waals surface area (Å²) >= 11 is 12.0. The molecule has 168 valence electrons. The fraction of sp³-hybridized carbons (Fsp3) is 0.0667. The number of hydrogen-bond acceptors (Lipinski definition) is 2. The zero-order valence-electron chi connectivity index (χ0n) is 19.0. The molecular weight excluding hydrogens is 459 g/mol. The first-order chi connectivity index (χ1) is 16.7. The van der Waals surface area contributed by atoms with Crippen molar-refractivity contribution in [3.8, 4) is 44.6 Å². The zero-order valence-corrected chi connectivity index (χ0v) is 20.6. The second-order valence-corrected chi connectivity index (χ2v) is 8.18. The fourth-order valence-electron chi connectivity index (χ4n) is 3.76. The van der Waals surface area contributed by atoms with E-state index in [1.807, 2.05) is 32.0 Å². The van der Waals surface area contributed by atoms with Crippen LogP contribution < -0.4 is 0 Å². The van der Waals surface area contributed by atoms with E-state index in [-0.39, 0.29) is 5.28 Å². The Hall–Kier alpha value is -3.46. The molecule has 0 atom stereocenters. The predicted molar refractivity (Wildman–Crippen MR) is 145 cm³/mol. The Bertz CT molecular complexity index is 1360. The van der Waals surface area contributed by atoms with Gasteiger partial charge in [-0.3, -0.25) is 0 Å². The third-order valence-corrected chi connectivity index (χ3v) is 5.71. The summed E-state index contributed by atoms with van der Waals surface area (Å²) in [6, 6.07) is 37.6. The van der Waals surface area contributed by atoms with E-state index in [0.29, 0.717) is 10.8 Å². The molecule has 1 aromatic heterocycles. The summed E-state index contributed by atoms with van der Waals surface area (Å²) in [7, 11) is 0. The number of rotatable bonds is 4. The maximum atomic E-state index is 6.02. The maximum absolute atomic E-state index is 6.02. The van der Waals surface area contributed by atoms with Crippen LogP contribution in [0.2, 0.25) is 10.4 Å². The van der Waals surface area contributed by atoms with Gasteiger partial charge in [0.2, 0.25) is 5.28 Å². The third-order valence-electron chi connectivity index (χ3n) is 5.35. The average Bonchev–Trinajstić information content (AvgIpc) is 2.90. The van der Waals surface area contributed by atoms with Crippen LogP contribution in [0.25, 0.3) is 44.6 Å². The lowest BCUT2D eigenvalue weighted by Gasteiger charge is -2.09. The Kier molecular flexibility index (Phi) is 7.74. The van der Waals surface area contributed by atoms with Gasteiger partial charge in [0, 0.05) is 11.6 Å². The summed E-state index contributed by atoms with van der Waals surface area (Å²) < 4.78 is 0. The number of halogens is 2. The van der Waals surface area contributed by atoms with Crippen LogP contribution in [-0.2, 0) is 0 Å². The first-order valence-electron chi connectivity index (χ1n) is 11.2. The molecule has 0 spiro atoms. The van der Waals surface area contributed by atoms with Gasteiger partial charge in [-0.2, -0.15) is 0 Å². The van der Waals surface area contributed by atoms with E-state index in [1.54, 1.807) is 6.07 Å². The minimum Gasteiger partial charge on any atom is -0.218 e. The van der Waals surface area contributed by atoms with Crippen LogP contribution in [-0.4, -0.2) is 9.97 Å². The molecule has 0 aliphatic heterocycles. The van der Waals surface area contributed by atoms with Gasteiger partial charge in [-0.15, -0.1) is 0 Å². The Morgan fingerprint density at radius 3 is 1.41 bits per heavy atom. The molecule has 0 bridgehead atoms. The molecule has 0 saturated carbocycles. The highest BCUT2D eigenvalue weighted by molar-refractivity contribution is 6.32. The van der Waals surface area contributed by atoms with Crippen LogP contribution in [0.5, 0.6) is 0 Å². The van der Waals surface area contributed by atoms with Crippen molar-refractivity contribution >= 4 is 23.2 Å². The Morgan fingerprint density at radius 2 is 0.882 bits per heavy atom. The number of nitrogens with zero attached hydrogens (tertiary/aromatic N) is 2. The smallest absolute Gasteiger partial charge is 0.218 e.